The van der Waals surface area contributed by atoms with Crippen LogP contribution in [0.1, 0.15) is 30.5 Å². The van der Waals surface area contributed by atoms with Crippen molar-refractivity contribution in [3.63, 3.8) is 0 Å². The first-order valence-electron chi connectivity index (χ1n) is 9.00. The summed E-state index contributed by atoms with van der Waals surface area (Å²) >= 11 is 6.10. The van der Waals surface area contributed by atoms with Crippen LogP contribution in [0.2, 0.25) is 5.28 Å². The maximum absolute atomic E-state index is 12.8. The fourth-order valence-electron chi connectivity index (χ4n) is 3.39. The van der Waals surface area contributed by atoms with Crippen LogP contribution in [0.4, 0.5) is 5.69 Å². The van der Waals surface area contributed by atoms with Crippen molar-refractivity contribution >= 4 is 44.3 Å². The molecule has 11 heteroatoms. The van der Waals surface area contributed by atoms with Crippen LogP contribution in [0, 0.1) is 0 Å². The number of hydrogen-bond acceptors (Lipinski definition) is 6. The van der Waals surface area contributed by atoms with Crippen molar-refractivity contribution in [3.8, 4) is 0 Å². The van der Waals surface area contributed by atoms with E-state index in [0.29, 0.717) is 34.5 Å². The van der Waals surface area contributed by atoms with Gasteiger partial charge in [-0.05, 0) is 41.8 Å². The first-order valence-corrected chi connectivity index (χ1v) is 10.8. The number of halogens is 1. The molecule has 0 saturated heterocycles. The van der Waals surface area contributed by atoms with E-state index in [2.05, 4.69) is 20.4 Å². The summed E-state index contributed by atoms with van der Waals surface area (Å²) < 4.78 is 28.0. The summed E-state index contributed by atoms with van der Waals surface area (Å²) in [6.45, 7) is 2.71. The van der Waals surface area contributed by atoms with Crippen molar-refractivity contribution in [1.82, 2.24) is 24.1 Å². The number of carbonyl (C=O) groups excluding carboxylic acids is 1. The van der Waals surface area contributed by atoms with Crippen molar-refractivity contribution in [2.75, 3.05) is 19.4 Å². The Morgan fingerprint density at radius 1 is 1.28 bits per heavy atom. The molecule has 9 nitrogen and oxygen atoms in total. The molecule has 0 aliphatic carbocycles. The Bertz CT molecular complexity index is 1240. The number of amides is 1. The molecule has 0 fully saturated rings. The monoisotopic (exact) mass is 434 g/mol. The maximum atomic E-state index is 12.8. The van der Waals surface area contributed by atoms with Gasteiger partial charge in [0.15, 0.2) is 5.65 Å². The summed E-state index contributed by atoms with van der Waals surface area (Å²) in [4.78, 5) is 21.4. The van der Waals surface area contributed by atoms with Gasteiger partial charge in [-0.2, -0.15) is 10.1 Å². The number of fused-ring (bicyclic) bond motifs is 2. The lowest BCUT2D eigenvalue weighted by molar-refractivity contribution is -0.116. The van der Waals surface area contributed by atoms with Gasteiger partial charge in [-0.15, -0.1) is 0 Å². The van der Waals surface area contributed by atoms with Crippen LogP contribution in [0.15, 0.2) is 29.3 Å². The molecule has 1 atom stereocenters. The van der Waals surface area contributed by atoms with Crippen LogP contribution < -0.4 is 5.32 Å². The summed E-state index contributed by atoms with van der Waals surface area (Å²) in [6, 6.07) is 4.56. The van der Waals surface area contributed by atoms with E-state index in [-0.39, 0.29) is 16.1 Å². The van der Waals surface area contributed by atoms with E-state index >= 15 is 0 Å². The quantitative estimate of drug-likeness (QED) is 0.616. The molecule has 1 amide bonds. The van der Waals surface area contributed by atoms with E-state index in [4.69, 9.17) is 11.6 Å². The highest BCUT2D eigenvalue weighted by Crippen LogP contribution is 2.40. The minimum Gasteiger partial charge on any atom is -0.325 e. The van der Waals surface area contributed by atoms with Gasteiger partial charge in [0.05, 0.1) is 16.0 Å². The first kappa shape index (κ1) is 19.7. The van der Waals surface area contributed by atoms with Crippen molar-refractivity contribution in [1.29, 1.82) is 0 Å². The van der Waals surface area contributed by atoms with E-state index in [1.54, 1.807) is 16.9 Å². The lowest BCUT2D eigenvalue weighted by atomic mass is 9.95. The average Bonchev–Trinajstić information content (AvgIpc) is 3.20. The average molecular weight is 435 g/mol. The third-order valence-corrected chi connectivity index (χ3v) is 6.77. The van der Waals surface area contributed by atoms with Crippen LogP contribution >= 0.6 is 11.6 Å². The summed E-state index contributed by atoms with van der Waals surface area (Å²) in [5.41, 5.74) is 1.86. The summed E-state index contributed by atoms with van der Waals surface area (Å²) in [5, 5.41) is 7.78. The number of rotatable bonds is 5. The fourth-order valence-corrected chi connectivity index (χ4v) is 4.50. The number of hydrogen-bond donors (Lipinski definition) is 1. The number of nitrogens with zero attached hydrogens (tertiary/aromatic N) is 5. The first-order chi connectivity index (χ1) is 13.7. The van der Waals surface area contributed by atoms with E-state index in [1.807, 2.05) is 6.92 Å². The molecule has 0 radical (unpaired) electrons. The topological polar surface area (TPSA) is 110 Å². The second-order valence-electron chi connectivity index (χ2n) is 6.97. The lowest BCUT2D eigenvalue weighted by Gasteiger charge is -2.14. The summed E-state index contributed by atoms with van der Waals surface area (Å²) in [7, 11) is -0.741. The number of nitrogens with one attached hydrogen (secondary N) is 1. The minimum absolute atomic E-state index is 0.0208. The predicted octanol–water partition coefficient (Wildman–Crippen LogP) is 2.22. The standard InChI is InChI=1S/C18H19ClN6O3S/c1-4-7-25-9-12-15(21-18(19)22-16(12)23-25)14-11-8-10(29(27,28)24(2)3)5-6-13(11)20-17(14)26/h5-6,8-9,14H,4,7H2,1-3H3,(H,20,26). The lowest BCUT2D eigenvalue weighted by Crippen LogP contribution is -2.22. The largest absolute Gasteiger partial charge is 0.325 e. The van der Waals surface area contributed by atoms with Crippen LogP contribution in [0.3, 0.4) is 0 Å². The molecule has 0 saturated carbocycles. The van der Waals surface area contributed by atoms with Crippen LogP contribution in [-0.4, -0.2) is 52.5 Å². The number of benzene rings is 1. The van der Waals surface area contributed by atoms with Crippen molar-refractivity contribution in [2.24, 2.45) is 0 Å². The van der Waals surface area contributed by atoms with E-state index < -0.39 is 15.9 Å². The van der Waals surface area contributed by atoms with Gasteiger partial charge < -0.3 is 5.32 Å². The van der Waals surface area contributed by atoms with Crippen LogP contribution in [-0.2, 0) is 21.4 Å². The van der Waals surface area contributed by atoms with Gasteiger partial charge in [0.25, 0.3) is 0 Å². The maximum Gasteiger partial charge on any atom is 0.242 e. The third kappa shape index (κ3) is 3.26. The predicted molar refractivity (Wildman–Crippen MR) is 108 cm³/mol. The number of sulfonamides is 1. The second-order valence-corrected chi connectivity index (χ2v) is 9.46. The van der Waals surface area contributed by atoms with Gasteiger partial charge in [-0.3, -0.25) is 9.48 Å². The van der Waals surface area contributed by atoms with Gasteiger partial charge in [0.2, 0.25) is 21.2 Å². The van der Waals surface area contributed by atoms with Gasteiger partial charge in [0, 0.05) is 32.5 Å². The molecule has 0 spiro atoms. The highest BCUT2D eigenvalue weighted by atomic mass is 35.5. The number of aryl methyl sites for hydroxylation is 1. The molecule has 29 heavy (non-hydrogen) atoms. The molecule has 1 aromatic carbocycles. The van der Waals surface area contributed by atoms with Crippen LogP contribution in [0.5, 0.6) is 0 Å². The SMILES string of the molecule is CCCn1cc2c(C3C(=O)Nc4ccc(S(=O)(=O)N(C)C)cc43)nc(Cl)nc2n1. The Kier molecular flexibility index (Phi) is 4.80. The molecular weight excluding hydrogens is 416 g/mol. The smallest absolute Gasteiger partial charge is 0.242 e. The Morgan fingerprint density at radius 2 is 2.03 bits per heavy atom. The molecule has 2 aromatic heterocycles. The van der Waals surface area contributed by atoms with Gasteiger partial charge in [-0.25, -0.2) is 17.7 Å². The molecule has 152 valence electrons. The van der Waals surface area contributed by atoms with Crippen molar-refractivity contribution in [2.45, 2.75) is 30.7 Å². The molecule has 1 aliphatic heterocycles. The molecule has 1 aliphatic rings. The minimum atomic E-state index is -3.66. The number of anilines is 1. The third-order valence-electron chi connectivity index (χ3n) is 4.79. The Balaban J connectivity index is 1.91. The number of aromatic nitrogens is 4. The normalized spacial score (nSPS) is 16.4. The Labute approximate surface area is 172 Å². The second kappa shape index (κ2) is 7.05. The van der Waals surface area contributed by atoms with E-state index in [9.17, 15) is 13.2 Å². The van der Waals surface area contributed by atoms with Gasteiger partial charge in [-0.1, -0.05) is 6.92 Å². The van der Waals surface area contributed by atoms with Crippen LogP contribution in [0.25, 0.3) is 11.0 Å². The molecular formula is C18H19ClN6O3S. The molecule has 4 rings (SSSR count). The Morgan fingerprint density at radius 3 is 2.72 bits per heavy atom. The summed E-state index contributed by atoms with van der Waals surface area (Å²) in [6.07, 6.45) is 2.67. The highest BCUT2D eigenvalue weighted by Gasteiger charge is 2.36. The van der Waals surface area contributed by atoms with Crippen molar-refractivity contribution in [3.05, 3.63) is 40.9 Å². The van der Waals surface area contributed by atoms with Crippen molar-refractivity contribution < 1.29 is 13.2 Å². The van der Waals surface area contributed by atoms with Gasteiger partial charge in [0.1, 0.15) is 5.92 Å². The molecule has 3 aromatic rings. The van der Waals surface area contributed by atoms with E-state index in [0.717, 1.165) is 10.7 Å². The molecule has 1 unspecified atom stereocenters. The van der Waals surface area contributed by atoms with Gasteiger partial charge >= 0.3 is 0 Å². The molecule has 3 heterocycles. The number of carbonyl (C=O) groups is 1. The Hall–Kier alpha value is -2.56. The van der Waals surface area contributed by atoms with E-state index in [1.165, 1.54) is 26.2 Å². The zero-order valence-corrected chi connectivity index (χ0v) is 17.6. The fraction of sp³-hybridized carbons (Fsp3) is 0.333. The zero-order chi connectivity index (χ0) is 20.9. The highest BCUT2D eigenvalue weighted by molar-refractivity contribution is 7.89. The zero-order valence-electron chi connectivity index (χ0n) is 16.0. The molecule has 1 N–H and O–H groups in total. The summed E-state index contributed by atoms with van der Waals surface area (Å²) in [5.74, 6) is -1.12. The molecule has 0 bridgehead atoms.